The Kier molecular flexibility index (Phi) is 7.08. The fraction of sp³-hybridized carbons (Fsp3) is 0.700. The van der Waals surface area contributed by atoms with Gasteiger partial charge in [-0.15, -0.1) is 0 Å². The number of rotatable bonds is 8. The number of ketones is 1. The van der Waals surface area contributed by atoms with Gasteiger partial charge < -0.3 is 15.6 Å². The molecule has 17 heavy (non-hydrogen) atoms. The molecule has 4 N–H and O–H groups in total. The van der Waals surface area contributed by atoms with Gasteiger partial charge in [0.15, 0.2) is 5.78 Å². The quantitative estimate of drug-likeness (QED) is 0.335. The Morgan fingerprint density at radius 3 is 2.24 bits per heavy atom. The highest BCUT2D eigenvalue weighted by Gasteiger charge is 2.28. The molecule has 0 spiro atoms. The molecule has 0 aliphatic heterocycles. The number of carbonyl (C=O) groups excluding carboxylic acids is 2. The largest absolute Gasteiger partial charge is 0.481 e. The second kappa shape index (κ2) is 7.75. The van der Waals surface area contributed by atoms with Gasteiger partial charge >= 0.3 is 5.97 Å². The Hall–Kier alpha value is -1.47. The minimum Gasteiger partial charge on any atom is -0.481 e. The number of hydroxylamine groups is 1. The van der Waals surface area contributed by atoms with Crippen molar-refractivity contribution < 1.29 is 24.7 Å². The van der Waals surface area contributed by atoms with E-state index in [4.69, 9.17) is 10.3 Å². The van der Waals surface area contributed by atoms with Crippen molar-refractivity contribution in [2.75, 3.05) is 13.1 Å². The maximum Gasteiger partial charge on any atom is 0.305 e. The first kappa shape index (κ1) is 15.5. The fourth-order valence-electron chi connectivity index (χ4n) is 1.41. The number of carbonyl (C=O) groups is 3. The van der Waals surface area contributed by atoms with Gasteiger partial charge in [0.2, 0.25) is 5.91 Å². The summed E-state index contributed by atoms with van der Waals surface area (Å²) in [6, 6.07) is 0. The van der Waals surface area contributed by atoms with Gasteiger partial charge in [-0.2, -0.15) is 5.48 Å². The molecule has 0 rings (SSSR count). The molecule has 1 atom stereocenters. The van der Waals surface area contributed by atoms with Crippen LogP contribution in [0.1, 0.15) is 20.3 Å². The SMILES string of the molecule is CC(C)C(C(=O)CNO)C(=O)NCCC(=O)O. The number of carboxylic acid groups (broad SMARTS) is 1. The molecule has 0 aliphatic carbocycles. The lowest BCUT2D eigenvalue weighted by atomic mass is 9.90. The van der Waals surface area contributed by atoms with Crippen LogP contribution in [0.4, 0.5) is 0 Å². The maximum atomic E-state index is 11.6. The van der Waals surface area contributed by atoms with E-state index in [9.17, 15) is 14.4 Å². The summed E-state index contributed by atoms with van der Waals surface area (Å²) < 4.78 is 0. The van der Waals surface area contributed by atoms with E-state index in [0.717, 1.165) is 0 Å². The van der Waals surface area contributed by atoms with Crippen LogP contribution in [0.3, 0.4) is 0 Å². The minimum absolute atomic E-state index is 0.0166. The van der Waals surface area contributed by atoms with Crippen molar-refractivity contribution >= 4 is 17.7 Å². The molecule has 0 radical (unpaired) electrons. The summed E-state index contributed by atoms with van der Waals surface area (Å²) in [6.07, 6.45) is -0.191. The van der Waals surface area contributed by atoms with E-state index in [1.54, 1.807) is 19.3 Å². The van der Waals surface area contributed by atoms with Crippen LogP contribution in [0.5, 0.6) is 0 Å². The molecule has 0 aromatic rings. The lowest BCUT2D eigenvalue weighted by molar-refractivity contribution is -0.137. The highest BCUT2D eigenvalue weighted by Crippen LogP contribution is 2.12. The van der Waals surface area contributed by atoms with Gasteiger partial charge in [-0.05, 0) is 5.92 Å². The van der Waals surface area contributed by atoms with E-state index < -0.39 is 23.6 Å². The third-order valence-corrected chi connectivity index (χ3v) is 2.19. The van der Waals surface area contributed by atoms with Gasteiger partial charge in [0.05, 0.1) is 13.0 Å². The van der Waals surface area contributed by atoms with Crippen LogP contribution < -0.4 is 10.8 Å². The van der Waals surface area contributed by atoms with E-state index in [-0.39, 0.29) is 25.4 Å². The molecule has 1 amide bonds. The Labute approximate surface area is 99.2 Å². The minimum atomic E-state index is -1.02. The van der Waals surface area contributed by atoms with Crippen molar-refractivity contribution in [2.24, 2.45) is 11.8 Å². The molecule has 0 fully saturated rings. The average Bonchev–Trinajstić information content (AvgIpc) is 2.16. The van der Waals surface area contributed by atoms with Crippen LogP contribution in [0, 0.1) is 11.8 Å². The number of Topliss-reactive ketones (excluding diaryl/α,β-unsaturated/α-hetero) is 1. The summed E-state index contributed by atoms with van der Waals surface area (Å²) in [4.78, 5) is 33.4. The van der Waals surface area contributed by atoms with Crippen molar-refractivity contribution in [3.05, 3.63) is 0 Å². The Balaban J connectivity index is 4.35. The van der Waals surface area contributed by atoms with Gasteiger partial charge in [-0.1, -0.05) is 13.8 Å². The summed E-state index contributed by atoms with van der Waals surface area (Å²) in [5.74, 6) is -3.07. The Morgan fingerprint density at radius 1 is 1.24 bits per heavy atom. The molecule has 7 nitrogen and oxygen atoms in total. The van der Waals surface area contributed by atoms with Crippen molar-refractivity contribution in [3.8, 4) is 0 Å². The van der Waals surface area contributed by atoms with Crippen molar-refractivity contribution in [3.63, 3.8) is 0 Å². The number of carboxylic acids is 1. The standard InChI is InChI=1S/C10H18N2O5/c1-6(2)9(7(13)5-12-17)10(16)11-4-3-8(14)15/h6,9,12,17H,3-5H2,1-2H3,(H,11,16)(H,14,15). The van der Waals surface area contributed by atoms with Gasteiger partial charge in [-0.25, -0.2) is 0 Å². The average molecular weight is 246 g/mol. The number of aliphatic carboxylic acids is 1. The molecule has 98 valence electrons. The van der Waals surface area contributed by atoms with Gasteiger partial charge in [-0.3, -0.25) is 14.4 Å². The molecule has 0 saturated heterocycles. The third-order valence-electron chi connectivity index (χ3n) is 2.19. The first-order valence-electron chi connectivity index (χ1n) is 5.29. The van der Waals surface area contributed by atoms with E-state index in [0.29, 0.717) is 0 Å². The summed E-state index contributed by atoms with van der Waals surface area (Å²) in [5.41, 5.74) is 1.71. The second-order valence-electron chi connectivity index (χ2n) is 3.96. The maximum absolute atomic E-state index is 11.6. The number of amides is 1. The van der Waals surface area contributed by atoms with Gasteiger partial charge in [0, 0.05) is 6.54 Å². The van der Waals surface area contributed by atoms with Crippen LogP contribution in [0.2, 0.25) is 0 Å². The van der Waals surface area contributed by atoms with Gasteiger partial charge in [0.1, 0.15) is 5.92 Å². The molecular weight excluding hydrogens is 228 g/mol. The zero-order chi connectivity index (χ0) is 13.4. The molecule has 0 aromatic heterocycles. The van der Waals surface area contributed by atoms with Crippen molar-refractivity contribution in [2.45, 2.75) is 20.3 Å². The van der Waals surface area contributed by atoms with Crippen molar-refractivity contribution in [1.29, 1.82) is 0 Å². The van der Waals surface area contributed by atoms with E-state index in [1.807, 2.05) is 0 Å². The molecule has 0 aliphatic rings. The van der Waals surface area contributed by atoms with E-state index in [2.05, 4.69) is 5.32 Å². The summed E-state index contributed by atoms with van der Waals surface area (Å²) in [6.45, 7) is 3.08. The first-order chi connectivity index (χ1) is 7.90. The lowest BCUT2D eigenvalue weighted by Gasteiger charge is -2.18. The monoisotopic (exact) mass is 246 g/mol. The highest BCUT2D eigenvalue weighted by atomic mass is 16.5. The van der Waals surface area contributed by atoms with E-state index >= 15 is 0 Å². The lowest BCUT2D eigenvalue weighted by Crippen LogP contribution is -2.42. The molecule has 1 unspecified atom stereocenters. The van der Waals surface area contributed by atoms with Crippen molar-refractivity contribution in [1.82, 2.24) is 10.8 Å². The van der Waals surface area contributed by atoms with Crippen LogP contribution >= 0.6 is 0 Å². The van der Waals surface area contributed by atoms with Crippen LogP contribution in [-0.2, 0) is 14.4 Å². The third kappa shape index (κ3) is 5.98. The summed E-state index contributed by atoms with van der Waals surface area (Å²) in [7, 11) is 0. The predicted octanol–water partition coefficient (Wildman–Crippen LogP) is -0.603. The topological polar surface area (TPSA) is 116 Å². The number of hydrogen-bond acceptors (Lipinski definition) is 5. The number of hydrogen-bond donors (Lipinski definition) is 4. The molecular formula is C10H18N2O5. The highest BCUT2D eigenvalue weighted by molar-refractivity contribution is 6.02. The van der Waals surface area contributed by atoms with Gasteiger partial charge in [0.25, 0.3) is 0 Å². The Bertz CT molecular complexity index is 290. The number of nitrogens with one attached hydrogen (secondary N) is 2. The first-order valence-corrected chi connectivity index (χ1v) is 5.29. The summed E-state index contributed by atoms with van der Waals surface area (Å²) >= 11 is 0. The molecule has 0 heterocycles. The molecule has 7 heteroatoms. The van der Waals surface area contributed by atoms with Crippen LogP contribution in [0.25, 0.3) is 0 Å². The van der Waals surface area contributed by atoms with Crippen LogP contribution in [0.15, 0.2) is 0 Å². The van der Waals surface area contributed by atoms with Crippen LogP contribution in [-0.4, -0.2) is 41.1 Å². The normalized spacial score (nSPS) is 12.2. The fourth-order valence-corrected chi connectivity index (χ4v) is 1.41. The zero-order valence-corrected chi connectivity index (χ0v) is 9.90. The molecule has 0 saturated carbocycles. The molecule has 0 bridgehead atoms. The molecule has 0 aromatic carbocycles. The summed E-state index contributed by atoms with van der Waals surface area (Å²) in [5, 5.41) is 19.2. The smallest absolute Gasteiger partial charge is 0.305 e. The predicted molar refractivity (Wildman–Crippen MR) is 58.4 cm³/mol. The zero-order valence-electron chi connectivity index (χ0n) is 9.90. The second-order valence-corrected chi connectivity index (χ2v) is 3.96. The van der Waals surface area contributed by atoms with E-state index in [1.165, 1.54) is 0 Å². The Morgan fingerprint density at radius 2 is 1.82 bits per heavy atom.